The van der Waals surface area contributed by atoms with Gasteiger partial charge in [-0.05, 0) is 25.2 Å². The van der Waals surface area contributed by atoms with Gasteiger partial charge in [0.15, 0.2) is 0 Å². The molecule has 1 saturated carbocycles. The second-order valence-corrected chi connectivity index (χ2v) is 6.37. The Balaban J connectivity index is 1.89. The molecule has 1 saturated heterocycles. The molecule has 0 aromatic carbocycles. The summed E-state index contributed by atoms with van der Waals surface area (Å²) in [6, 6.07) is 3.03. The first-order chi connectivity index (χ1) is 9.78. The minimum absolute atomic E-state index is 0.229. The summed E-state index contributed by atoms with van der Waals surface area (Å²) in [7, 11) is 0. The van der Waals surface area contributed by atoms with Crippen molar-refractivity contribution < 1.29 is 5.11 Å². The van der Waals surface area contributed by atoms with E-state index in [1.165, 1.54) is 25.7 Å². The maximum absolute atomic E-state index is 9.42. The van der Waals surface area contributed by atoms with Gasteiger partial charge in [-0.25, -0.2) is 0 Å². The highest BCUT2D eigenvalue weighted by molar-refractivity contribution is 4.98. The van der Waals surface area contributed by atoms with Gasteiger partial charge in [0, 0.05) is 38.8 Å². The lowest BCUT2D eigenvalue weighted by atomic mass is 9.76. The van der Waals surface area contributed by atoms with Crippen molar-refractivity contribution in [3.8, 4) is 6.07 Å². The van der Waals surface area contributed by atoms with Crippen LogP contribution in [0.3, 0.4) is 0 Å². The van der Waals surface area contributed by atoms with Gasteiger partial charge in [0.25, 0.3) is 0 Å². The van der Waals surface area contributed by atoms with Gasteiger partial charge in [0.05, 0.1) is 18.6 Å². The van der Waals surface area contributed by atoms with Crippen LogP contribution >= 0.6 is 0 Å². The number of aliphatic hydroxyl groups is 1. The fourth-order valence-corrected chi connectivity index (χ4v) is 3.92. The van der Waals surface area contributed by atoms with Crippen LogP contribution in [0.15, 0.2) is 0 Å². The van der Waals surface area contributed by atoms with Crippen molar-refractivity contribution in [3.63, 3.8) is 0 Å². The molecule has 3 atom stereocenters. The Morgan fingerprint density at radius 2 is 1.95 bits per heavy atom. The van der Waals surface area contributed by atoms with Crippen molar-refractivity contribution in [2.24, 2.45) is 11.8 Å². The second kappa shape index (κ2) is 7.97. The average Bonchev–Trinajstić information content (AvgIpc) is 2.49. The van der Waals surface area contributed by atoms with Crippen LogP contribution in [0.4, 0.5) is 0 Å². The summed E-state index contributed by atoms with van der Waals surface area (Å²) in [5, 5.41) is 18.4. The van der Waals surface area contributed by atoms with E-state index in [0.29, 0.717) is 6.04 Å². The monoisotopic (exact) mass is 279 g/mol. The topological polar surface area (TPSA) is 50.5 Å². The van der Waals surface area contributed by atoms with Crippen LogP contribution in [0.25, 0.3) is 0 Å². The van der Waals surface area contributed by atoms with Crippen LogP contribution in [0, 0.1) is 23.2 Å². The number of nitriles is 1. The maximum Gasteiger partial charge on any atom is 0.0672 e. The average molecular weight is 279 g/mol. The molecular formula is C16H29N3O. The highest BCUT2D eigenvalue weighted by Gasteiger charge is 2.35. The van der Waals surface area contributed by atoms with Gasteiger partial charge in [-0.3, -0.25) is 9.80 Å². The zero-order valence-corrected chi connectivity index (χ0v) is 12.8. The predicted molar refractivity (Wildman–Crippen MR) is 80.2 cm³/mol. The molecule has 4 nitrogen and oxygen atoms in total. The van der Waals surface area contributed by atoms with Crippen molar-refractivity contribution in [2.45, 2.75) is 45.1 Å². The predicted octanol–water partition coefficient (Wildman–Crippen LogP) is 1.70. The molecule has 1 heterocycles. The molecule has 2 fully saturated rings. The molecule has 0 aromatic rings. The minimum atomic E-state index is 0.229. The van der Waals surface area contributed by atoms with E-state index in [4.69, 9.17) is 5.11 Å². The van der Waals surface area contributed by atoms with E-state index in [1.54, 1.807) is 0 Å². The molecule has 0 bridgehead atoms. The molecule has 0 radical (unpaired) electrons. The molecule has 4 heteroatoms. The van der Waals surface area contributed by atoms with Crippen molar-refractivity contribution in [1.29, 1.82) is 5.26 Å². The maximum atomic E-state index is 9.42. The van der Waals surface area contributed by atoms with Gasteiger partial charge in [-0.1, -0.05) is 19.8 Å². The summed E-state index contributed by atoms with van der Waals surface area (Å²) < 4.78 is 0. The van der Waals surface area contributed by atoms with Crippen molar-refractivity contribution in [3.05, 3.63) is 0 Å². The Labute approximate surface area is 123 Å². The Morgan fingerprint density at radius 1 is 1.20 bits per heavy atom. The lowest BCUT2D eigenvalue weighted by Gasteiger charge is -2.44. The Hall–Kier alpha value is -0.630. The molecule has 1 aliphatic heterocycles. The molecule has 0 spiro atoms. The van der Waals surface area contributed by atoms with Gasteiger partial charge in [0.1, 0.15) is 0 Å². The van der Waals surface area contributed by atoms with Gasteiger partial charge in [0.2, 0.25) is 0 Å². The first-order valence-electron chi connectivity index (χ1n) is 8.25. The van der Waals surface area contributed by atoms with Gasteiger partial charge in [-0.2, -0.15) is 5.26 Å². The van der Waals surface area contributed by atoms with E-state index in [-0.39, 0.29) is 12.5 Å². The smallest absolute Gasteiger partial charge is 0.0672 e. The lowest BCUT2D eigenvalue weighted by molar-refractivity contribution is 0.0426. The standard InChI is InChI=1S/C16H29N3O/c1-2-3-14-4-5-15(13-17)16(12-14)19-8-6-18(7-9-19)10-11-20/h14-16,20H,2-12H2,1H3. The summed E-state index contributed by atoms with van der Waals surface area (Å²) >= 11 is 0. The summed E-state index contributed by atoms with van der Waals surface area (Å²) in [6.45, 7) is 7.49. The van der Waals surface area contributed by atoms with E-state index in [2.05, 4.69) is 22.8 Å². The molecule has 2 rings (SSSR count). The fraction of sp³-hybridized carbons (Fsp3) is 0.938. The van der Waals surface area contributed by atoms with Crippen LogP contribution < -0.4 is 0 Å². The molecular weight excluding hydrogens is 250 g/mol. The van der Waals surface area contributed by atoms with Crippen molar-refractivity contribution in [2.75, 3.05) is 39.3 Å². The highest BCUT2D eigenvalue weighted by Crippen LogP contribution is 2.34. The van der Waals surface area contributed by atoms with E-state index in [9.17, 15) is 5.26 Å². The van der Waals surface area contributed by atoms with E-state index >= 15 is 0 Å². The van der Waals surface area contributed by atoms with Crippen LogP contribution in [0.1, 0.15) is 39.0 Å². The number of aliphatic hydroxyl groups excluding tert-OH is 1. The third-order valence-corrected chi connectivity index (χ3v) is 5.08. The van der Waals surface area contributed by atoms with Gasteiger partial charge < -0.3 is 5.11 Å². The van der Waals surface area contributed by atoms with E-state index in [1.807, 2.05) is 0 Å². The largest absolute Gasteiger partial charge is 0.395 e. The van der Waals surface area contributed by atoms with Crippen LogP contribution in [-0.2, 0) is 0 Å². The molecule has 0 amide bonds. The number of β-amino-alcohol motifs (C(OH)–C–C–N with tert-alkyl or cyclic N) is 1. The molecule has 0 aromatic heterocycles. The Bertz CT molecular complexity index is 320. The Morgan fingerprint density at radius 3 is 2.55 bits per heavy atom. The first kappa shape index (κ1) is 15.8. The number of hydrogen-bond acceptors (Lipinski definition) is 4. The first-order valence-corrected chi connectivity index (χ1v) is 8.25. The number of rotatable bonds is 5. The van der Waals surface area contributed by atoms with Crippen LogP contribution in [-0.4, -0.2) is 60.3 Å². The number of piperazine rings is 1. The summed E-state index contributed by atoms with van der Waals surface area (Å²) in [4.78, 5) is 4.87. The third kappa shape index (κ3) is 3.94. The number of hydrogen-bond donors (Lipinski definition) is 1. The second-order valence-electron chi connectivity index (χ2n) is 6.37. The minimum Gasteiger partial charge on any atom is -0.395 e. The van der Waals surface area contributed by atoms with E-state index < -0.39 is 0 Å². The van der Waals surface area contributed by atoms with Crippen LogP contribution in [0.5, 0.6) is 0 Å². The molecule has 1 aliphatic carbocycles. The summed E-state index contributed by atoms with van der Waals surface area (Å²) in [5.74, 6) is 1.05. The normalized spacial score (nSPS) is 33.0. The molecule has 114 valence electrons. The molecule has 3 unspecified atom stereocenters. The summed E-state index contributed by atoms with van der Waals surface area (Å²) in [6.07, 6.45) is 6.12. The van der Waals surface area contributed by atoms with Crippen LogP contribution in [0.2, 0.25) is 0 Å². The molecule has 1 N–H and O–H groups in total. The molecule has 2 aliphatic rings. The highest BCUT2D eigenvalue weighted by atomic mass is 16.3. The number of nitrogens with zero attached hydrogens (tertiary/aromatic N) is 3. The van der Waals surface area contributed by atoms with Gasteiger partial charge in [-0.15, -0.1) is 0 Å². The third-order valence-electron chi connectivity index (χ3n) is 5.08. The van der Waals surface area contributed by atoms with Crippen molar-refractivity contribution >= 4 is 0 Å². The fourth-order valence-electron chi connectivity index (χ4n) is 3.92. The molecule has 20 heavy (non-hydrogen) atoms. The summed E-state index contributed by atoms with van der Waals surface area (Å²) in [5.41, 5.74) is 0. The lowest BCUT2D eigenvalue weighted by Crippen LogP contribution is -2.54. The Kier molecular flexibility index (Phi) is 6.28. The van der Waals surface area contributed by atoms with E-state index in [0.717, 1.165) is 45.1 Å². The van der Waals surface area contributed by atoms with Gasteiger partial charge >= 0.3 is 0 Å². The zero-order chi connectivity index (χ0) is 14.4. The van der Waals surface area contributed by atoms with Crippen molar-refractivity contribution in [1.82, 2.24) is 9.80 Å². The quantitative estimate of drug-likeness (QED) is 0.832. The SMILES string of the molecule is CCCC1CCC(C#N)C(N2CCN(CCO)CC2)C1. The zero-order valence-electron chi connectivity index (χ0n) is 12.8.